The Morgan fingerprint density at radius 3 is 2.22 bits per heavy atom. The zero-order valence-electron chi connectivity index (χ0n) is 9.82. The van der Waals surface area contributed by atoms with Crippen LogP contribution in [0.25, 0.3) is 0 Å². The summed E-state index contributed by atoms with van der Waals surface area (Å²) in [5.41, 5.74) is 0. The number of benzene rings is 2. The summed E-state index contributed by atoms with van der Waals surface area (Å²) in [6, 6.07) is 20.5. The molecule has 2 aromatic carbocycles. The third-order valence-corrected chi connectivity index (χ3v) is 5.63. The predicted molar refractivity (Wildman–Crippen MR) is 79.3 cm³/mol. The van der Waals surface area contributed by atoms with Crippen LogP contribution in [0.2, 0.25) is 0 Å². The van der Waals surface area contributed by atoms with Crippen LogP contribution in [0.15, 0.2) is 75.4 Å². The molecule has 1 N–H and O–H groups in total. The van der Waals surface area contributed by atoms with Gasteiger partial charge in [0.1, 0.15) is 0 Å². The zero-order valence-corrected chi connectivity index (χ0v) is 12.4. The summed E-state index contributed by atoms with van der Waals surface area (Å²) in [5.74, 6) is 0. The summed E-state index contributed by atoms with van der Waals surface area (Å²) in [6.07, 6.45) is 0. The van der Waals surface area contributed by atoms with Crippen molar-refractivity contribution in [2.45, 2.75) is 4.90 Å². The molecule has 0 saturated heterocycles. The van der Waals surface area contributed by atoms with E-state index in [4.69, 9.17) is 0 Å². The molecule has 0 atom stereocenters. The quantitative estimate of drug-likeness (QED) is 0.675. The van der Waals surface area contributed by atoms with E-state index >= 15 is 0 Å². The molecule has 2 rings (SSSR count). The monoisotopic (exact) mass is 322 g/mol. The van der Waals surface area contributed by atoms with Crippen molar-refractivity contribution >= 4 is 31.2 Å². The summed E-state index contributed by atoms with van der Waals surface area (Å²) in [4.78, 5) is 1.20. The van der Waals surface area contributed by atoms with Crippen molar-refractivity contribution in [3.05, 3.63) is 70.5 Å². The molecular formula is C15H14OSSe. The molecule has 0 aromatic heterocycles. The Balaban J connectivity index is 2.00. The first kappa shape index (κ1) is 13.4. The van der Waals surface area contributed by atoms with Gasteiger partial charge in [-0.15, -0.1) is 0 Å². The van der Waals surface area contributed by atoms with Gasteiger partial charge >= 0.3 is 118 Å². The van der Waals surface area contributed by atoms with Crippen LogP contribution in [-0.4, -0.2) is 26.7 Å². The maximum absolute atomic E-state index is 9.40. The van der Waals surface area contributed by atoms with Gasteiger partial charge in [-0.05, 0) is 0 Å². The standard InChI is InChI=1S/C15H14OSSe/c16-11-15(18-14-9-5-2-6-10-14)12-17-13-7-3-1-4-8-13/h1-10,12,16H,11H2/b15-12+. The molecule has 92 valence electrons. The van der Waals surface area contributed by atoms with Crippen molar-refractivity contribution in [3.8, 4) is 0 Å². The van der Waals surface area contributed by atoms with Gasteiger partial charge in [-0.3, -0.25) is 0 Å². The fraction of sp³-hybridized carbons (Fsp3) is 0.0667. The van der Waals surface area contributed by atoms with E-state index in [0.717, 1.165) is 4.47 Å². The summed E-state index contributed by atoms with van der Waals surface area (Å²) < 4.78 is 2.39. The van der Waals surface area contributed by atoms with E-state index in [1.807, 2.05) is 36.4 Å². The Morgan fingerprint density at radius 1 is 1.00 bits per heavy atom. The van der Waals surface area contributed by atoms with Crippen molar-refractivity contribution in [2.24, 2.45) is 0 Å². The van der Waals surface area contributed by atoms with Crippen LogP contribution in [0.4, 0.5) is 0 Å². The van der Waals surface area contributed by atoms with Crippen LogP contribution in [0.5, 0.6) is 0 Å². The third-order valence-electron chi connectivity index (χ3n) is 2.22. The molecule has 0 unspecified atom stereocenters. The van der Waals surface area contributed by atoms with Crippen LogP contribution < -0.4 is 4.46 Å². The first-order chi connectivity index (χ1) is 8.88. The topological polar surface area (TPSA) is 20.2 Å². The number of hydrogen-bond acceptors (Lipinski definition) is 2. The Bertz CT molecular complexity index is 496. The zero-order chi connectivity index (χ0) is 12.6. The van der Waals surface area contributed by atoms with E-state index in [-0.39, 0.29) is 21.6 Å². The average Bonchev–Trinajstić information content (AvgIpc) is 2.45. The molecule has 0 amide bonds. The van der Waals surface area contributed by atoms with E-state index in [1.54, 1.807) is 11.8 Å². The van der Waals surface area contributed by atoms with Crippen molar-refractivity contribution < 1.29 is 5.11 Å². The van der Waals surface area contributed by atoms with E-state index < -0.39 is 0 Å². The summed E-state index contributed by atoms with van der Waals surface area (Å²) in [5, 5.41) is 11.5. The fourth-order valence-electron chi connectivity index (χ4n) is 1.37. The Morgan fingerprint density at radius 2 is 1.61 bits per heavy atom. The molecule has 0 radical (unpaired) electrons. The molecule has 3 heteroatoms. The van der Waals surface area contributed by atoms with Gasteiger partial charge in [-0.1, -0.05) is 0 Å². The van der Waals surface area contributed by atoms with Gasteiger partial charge in [0.15, 0.2) is 0 Å². The van der Waals surface area contributed by atoms with E-state index in [1.165, 1.54) is 9.36 Å². The van der Waals surface area contributed by atoms with E-state index in [9.17, 15) is 5.11 Å². The van der Waals surface area contributed by atoms with Crippen LogP contribution in [0, 0.1) is 0 Å². The maximum atomic E-state index is 9.40. The molecule has 18 heavy (non-hydrogen) atoms. The van der Waals surface area contributed by atoms with Gasteiger partial charge in [-0.25, -0.2) is 0 Å². The number of aliphatic hydroxyl groups is 1. The molecule has 1 nitrogen and oxygen atoms in total. The Hall–Kier alpha value is -0.991. The van der Waals surface area contributed by atoms with Crippen molar-refractivity contribution in [1.29, 1.82) is 0 Å². The molecule has 0 saturated carbocycles. The van der Waals surface area contributed by atoms with E-state index in [2.05, 4.69) is 29.7 Å². The van der Waals surface area contributed by atoms with Gasteiger partial charge in [0.25, 0.3) is 0 Å². The van der Waals surface area contributed by atoms with Crippen molar-refractivity contribution in [2.75, 3.05) is 6.61 Å². The molecule has 0 bridgehead atoms. The molecule has 0 aliphatic carbocycles. The Kier molecular flexibility index (Phi) is 5.56. The number of thioether (sulfide) groups is 1. The summed E-state index contributed by atoms with van der Waals surface area (Å²) in [7, 11) is 0. The molecule has 0 aliphatic rings. The van der Waals surface area contributed by atoms with Gasteiger partial charge in [0.2, 0.25) is 0 Å². The molecular weight excluding hydrogens is 307 g/mol. The SMILES string of the molecule is OC/C(=C\Sc1ccccc1)[Se]c1ccccc1. The minimum atomic E-state index is 0.134. The second-order valence-corrected chi connectivity index (χ2v) is 7.05. The van der Waals surface area contributed by atoms with Crippen molar-refractivity contribution in [1.82, 2.24) is 0 Å². The van der Waals surface area contributed by atoms with Crippen molar-refractivity contribution in [3.63, 3.8) is 0 Å². The van der Waals surface area contributed by atoms with Gasteiger partial charge in [0.05, 0.1) is 0 Å². The second kappa shape index (κ2) is 7.45. The predicted octanol–water partition coefficient (Wildman–Crippen LogP) is 2.64. The fourth-order valence-corrected chi connectivity index (χ4v) is 4.06. The average molecular weight is 321 g/mol. The minimum absolute atomic E-state index is 0.134. The molecule has 0 heterocycles. The van der Waals surface area contributed by atoms with Crippen LogP contribution in [0.1, 0.15) is 0 Å². The van der Waals surface area contributed by atoms with Gasteiger partial charge in [-0.2, -0.15) is 0 Å². The van der Waals surface area contributed by atoms with Crippen LogP contribution >= 0.6 is 11.8 Å². The normalized spacial score (nSPS) is 11.5. The summed E-state index contributed by atoms with van der Waals surface area (Å²) >= 11 is 1.87. The molecule has 2 aromatic rings. The van der Waals surface area contributed by atoms with E-state index in [0.29, 0.717) is 0 Å². The van der Waals surface area contributed by atoms with Crippen LogP contribution in [0.3, 0.4) is 0 Å². The first-order valence-corrected chi connectivity index (χ1v) is 8.22. The first-order valence-electron chi connectivity index (χ1n) is 5.63. The number of rotatable bonds is 5. The summed E-state index contributed by atoms with van der Waals surface area (Å²) in [6.45, 7) is 0.134. The van der Waals surface area contributed by atoms with Crippen LogP contribution in [-0.2, 0) is 0 Å². The Labute approximate surface area is 118 Å². The van der Waals surface area contributed by atoms with Gasteiger partial charge in [0, 0.05) is 0 Å². The third kappa shape index (κ3) is 4.35. The number of aliphatic hydroxyl groups excluding tert-OH is 1. The second-order valence-electron chi connectivity index (χ2n) is 3.59. The van der Waals surface area contributed by atoms with Gasteiger partial charge < -0.3 is 0 Å². The number of hydrogen-bond donors (Lipinski definition) is 1. The molecule has 0 aliphatic heterocycles. The molecule has 0 fully saturated rings. The molecule has 0 spiro atoms.